The van der Waals surface area contributed by atoms with Gasteiger partial charge in [-0.05, 0) is 48.4 Å². The Bertz CT molecular complexity index is 451. The van der Waals surface area contributed by atoms with Crippen molar-refractivity contribution in [2.45, 2.75) is 19.3 Å². The Labute approximate surface area is 101 Å². The van der Waals surface area contributed by atoms with Crippen molar-refractivity contribution in [3.63, 3.8) is 0 Å². The number of aliphatic hydroxyl groups is 1. The van der Waals surface area contributed by atoms with Crippen molar-refractivity contribution in [1.29, 1.82) is 0 Å². The van der Waals surface area contributed by atoms with E-state index in [2.05, 4.69) is 12.1 Å². The maximum absolute atomic E-state index is 9.07. The standard InChI is InChI=1S/C14H16O3/c15-7-6-10-2-1-3-12(10)11-4-5-13-14(8-11)17-9-16-13/h3-5,8,10,15H,1-2,6-7,9H2/t10-/m0/s1. The van der Waals surface area contributed by atoms with Crippen LogP contribution in [0.1, 0.15) is 24.8 Å². The summed E-state index contributed by atoms with van der Waals surface area (Å²) in [5.74, 6) is 2.14. The van der Waals surface area contributed by atoms with Crippen LogP contribution in [0, 0.1) is 5.92 Å². The van der Waals surface area contributed by atoms with Crippen molar-refractivity contribution in [2.75, 3.05) is 13.4 Å². The molecule has 0 bridgehead atoms. The molecule has 0 unspecified atom stereocenters. The zero-order valence-corrected chi connectivity index (χ0v) is 9.69. The largest absolute Gasteiger partial charge is 0.454 e. The summed E-state index contributed by atoms with van der Waals surface area (Å²) in [7, 11) is 0. The smallest absolute Gasteiger partial charge is 0.231 e. The first-order chi connectivity index (χ1) is 8.38. The summed E-state index contributed by atoms with van der Waals surface area (Å²) in [5.41, 5.74) is 2.54. The molecular formula is C14H16O3. The van der Waals surface area contributed by atoms with E-state index in [4.69, 9.17) is 14.6 Å². The van der Waals surface area contributed by atoms with Crippen molar-refractivity contribution in [1.82, 2.24) is 0 Å². The predicted molar refractivity (Wildman–Crippen MR) is 65.0 cm³/mol. The first-order valence-corrected chi connectivity index (χ1v) is 6.09. The van der Waals surface area contributed by atoms with Gasteiger partial charge in [-0.3, -0.25) is 0 Å². The van der Waals surface area contributed by atoms with E-state index in [1.54, 1.807) is 0 Å². The zero-order valence-electron chi connectivity index (χ0n) is 9.69. The van der Waals surface area contributed by atoms with Gasteiger partial charge in [-0.15, -0.1) is 0 Å². The molecule has 0 saturated heterocycles. The van der Waals surface area contributed by atoms with E-state index in [1.807, 2.05) is 12.1 Å². The van der Waals surface area contributed by atoms with Gasteiger partial charge in [0.2, 0.25) is 6.79 Å². The molecule has 0 aromatic heterocycles. The number of allylic oxidation sites excluding steroid dienone is 2. The lowest BCUT2D eigenvalue weighted by molar-refractivity contribution is 0.174. The Morgan fingerprint density at radius 2 is 2.12 bits per heavy atom. The SMILES string of the molecule is OCC[C@@H]1CCC=C1c1ccc2c(c1)OCO2. The molecule has 3 rings (SSSR count). The van der Waals surface area contributed by atoms with E-state index in [0.29, 0.717) is 12.7 Å². The van der Waals surface area contributed by atoms with Gasteiger partial charge < -0.3 is 14.6 Å². The first kappa shape index (κ1) is 10.7. The number of fused-ring (bicyclic) bond motifs is 1. The fraction of sp³-hybridized carbons (Fsp3) is 0.429. The summed E-state index contributed by atoms with van der Waals surface area (Å²) in [6, 6.07) is 6.09. The number of hydrogen-bond acceptors (Lipinski definition) is 3. The van der Waals surface area contributed by atoms with Crippen LogP contribution in [0.4, 0.5) is 0 Å². The van der Waals surface area contributed by atoms with Crippen LogP contribution in [0.25, 0.3) is 5.57 Å². The molecule has 1 aliphatic heterocycles. The van der Waals surface area contributed by atoms with Gasteiger partial charge in [0.05, 0.1) is 0 Å². The molecule has 1 atom stereocenters. The minimum Gasteiger partial charge on any atom is -0.454 e. The van der Waals surface area contributed by atoms with Crippen molar-refractivity contribution in [3.05, 3.63) is 29.8 Å². The molecule has 17 heavy (non-hydrogen) atoms. The molecule has 0 spiro atoms. The molecule has 2 aliphatic rings. The Morgan fingerprint density at radius 3 is 3.00 bits per heavy atom. The molecule has 1 aromatic rings. The van der Waals surface area contributed by atoms with Crippen LogP contribution in [0.15, 0.2) is 24.3 Å². The molecule has 3 nitrogen and oxygen atoms in total. The fourth-order valence-electron chi connectivity index (χ4n) is 2.65. The van der Waals surface area contributed by atoms with Gasteiger partial charge in [-0.25, -0.2) is 0 Å². The van der Waals surface area contributed by atoms with Crippen LogP contribution < -0.4 is 9.47 Å². The van der Waals surface area contributed by atoms with Crippen LogP contribution in [0.3, 0.4) is 0 Å². The van der Waals surface area contributed by atoms with Gasteiger partial charge in [-0.2, -0.15) is 0 Å². The Morgan fingerprint density at radius 1 is 1.24 bits per heavy atom. The average molecular weight is 232 g/mol. The van der Waals surface area contributed by atoms with Crippen LogP contribution >= 0.6 is 0 Å². The van der Waals surface area contributed by atoms with E-state index >= 15 is 0 Å². The summed E-state index contributed by atoms with van der Waals surface area (Å²) in [6.45, 7) is 0.574. The Hall–Kier alpha value is -1.48. The third kappa shape index (κ3) is 1.91. The molecule has 0 amide bonds. The quantitative estimate of drug-likeness (QED) is 0.870. The van der Waals surface area contributed by atoms with Crippen LogP contribution in [-0.2, 0) is 0 Å². The Kier molecular flexibility index (Phi) is 2.77. The zero-order chi connectivity index (χ0) is 11.7. The lowest BCUT2D eigenvalue weighted by Crippen LogP contribution is -2.01. The summed E-state index contributed by atoms with van der Waals surface area (Å²) in [6.07, 6.45) is 5.37. The second-order valence-electron chi connectivity index (χ2n) is 4.51. The molecule has 1 aromatic carbocycles. The van der Waals surface area contributed by atoms with Crippen LogP contribution in [0.5, 0.6) is 11.5 Å². The summed E-state index contributed by atoms with van der Waals surface area (Å²) >= 11 is 0. The number of aliphatic hydroxyl groups excluding tert-OH is 1. The second kappa shape index (κ2) is 4.41. The minimum atomic E-state index is 0.257. The number of hydrogen-bond donors (Lipinski definition) is 1. The summed E-state index contributed by atoms with van der Waals surface area (Å²) in [5, 5.41) is 9.07. The van der Waals surface area contributed by atoms with Crippen molar-refractivity contribution >= 4 is 5.57 Å². The fourth-order valence-corrected chi connectivity index (χ4v) is 2.65. The molecule has 1 aliphatic carbocycles. The van der Waals surface area contributed by atoms with Gasteiger partial charge in [0.15, 0.2) is 11.5 Å². The monoisotopic (exact) mass is 232 g/mol. The lowest BCUT2D eigenvalue weighted by atomic mass is 9.92. The van der Waals surface area contributed by atoms with Gasteiger partial charge in [0, 0.05) is 6.61 Å². The molecule has 1 N–H and O–H groups in total. The van der Waals surface area contributed by atoms with E-state index in [-0.39, 0.29) is 6.61 Å². The Balaban J connectivity index is 1.88. The van der Waals surface area contributed by atoms with E-state index in [1.165, 1.54) is 11.1 Å². The third-order valence-electron chi connectivity index (χ3n) is 3.50. The minimum absolute atomic E-state index is 0.257. The molecule has 0 saturated carbocycles. The van der Waals surface area contributed by atoms with Crippen LogP contribution in [0.2, 0.25) is 0 Å². The molecule has 1 heterocycles. The number of benzene rings is 1. The van der Waals surface area contributed by atoms with E-state index in [9.17, 15) is 0 Å². The lowest BCUT2D eigenvalue weighted by Gasteiger charge is -2.14. The molecule has 90 valence electrons. The van der Waals surface area contributed by atoms with Gasteiger partial charge in [0.1, 0.15) is 0 Å². The van der Waals surface area contributed by atoms with Crippen molar-refractivity contribution < 1.29 is 14.6 Å². The first-order valence-electron chi connectivity index (χ1n) is 6.09. The van der Waals surface area contributed by atoms with Gasteiger partial charge >= 0.3 is 0 Å². The highest BCUT2D eigenvalue weighted by atomic mass is 16.7. The third-order valence-corrected chi connectivity index (χ3v) is 3.50. The van der Waals surface area contributed by atoms with E-state index in [0.717, 1.165) is 30.8 Å². The van der Waals surface area contributed by atoms with Crippen LogP contribution in [-0.4, -0.2) is 18.5 Å². The molecule has 0 radical (unpaired) electrons. The highest BCUT2D eigenvalue weighted by Gasteiger charge is 2.22. The topological polar surface area (TPSA) is 38.7 Å². The van der Waals surface area contributed by atoms with E-state index < -0.39 is 0 Å². The summed E-state index contributed by atoms with van der Waals surface area (Å²) < 4.78 is 10.7. The maximum Gasteiger partial charge on any atom is 0.231 e. The number of ether oxygens (including phenoxy) is 2. The van der Waals surface area contributed by atoms with Gasteiger partial charge in [0.25, 0.3) is 0 Å². The van der Waals surface area contributed by atoms with Crippen molar-refractivity contribution in [3.8, 4) is 11.5 Å². The summed E-state index contributed by atoms with van der Waals surface area (Å²) in [4.78, 5) is 0. The highest BCUT2D eigenvalue weighted by molar-refractivity contribution is 5.71. The van der Waals surface area contributed by atoms with Gasteiger partial charge in [-0.1, -0.05) is 12.1 Å². The molecular weight excluding hydrogens is 216 g/mol. The highest BCUT2D eigenvalue weighted by Crippen LogP contribution is 2.40. The van der Waals surface area contributed by atoms with Crippen molar-refractivity contribution in [2.24, 2.45) is 5.92 Å². The number of rotatable bonds is 3. The maximum atomic E-state index is 9.07. The molecule has 0 fully saturated rings. The average Bonchev–Trinajstić information content (AvgIpc) is 2.96. The molecule has 3 heteroatoms. The normalized spacial score (nSPS) is 21.7. The predicted octanol–water partition coefficient (Wildman–Crippen LogP) is 2.59. The second-order valence-corrected chi connectivity index (χ2v) is 4.51.